The van der Waals surface area contributed by atoms with E-state index in [1.165, 1.54) is 109 Å². The van der Waals surface area contributed by atoms with Crippen LogP contribution in [0.25, 0.3) is 0 Å². The third-order valence-electron chi connectivity index (χ3n) is 40.0. The minimum Gasteiger partial charge on any atom is -0.465 e. The predicted octanol–water partition coefficient (Wildman–Crippen LogP) is 31.5. The van der Waals surface area contributed by atoms with Crippen LogP contribution in [0.15, 0.2) is 0 Å². The number of hydrogen-bond donors (Lipinski definition) is 2. The number of rotatable bonds is 28. The van der Waals surface area contributed by atoms with Crippen LogP contribution in [0.1, 0.15) is 508 Å². The van der Waals surface area contributed by atoms with Gasteiger partial charge in [0.2, 0.25) is 0 Å². The van der Waals surface area contributed by atoms with Gasteiger partial charge in [-0.25, -0.2) is 0 Å². The van der Waals surface area contributed by atoms with Crippen molar-refractivity contribution >= 4 is 53.7 Å². The molecule has 0 aromatic rings. The standard InChI is InChI=1S/C29H46O6.2C29H50O3.C13H22O4.C11H18O4.12CH4/c1-8-27(5,25(32)35-29(7)20-11-18-10-19(13-20)14-21(29)12-18)17-26(3,4)24(31)34-28(6,9-2)22-15-23(30)33-16-22;2*1-7-9-19(4)23-12-13-24-22-11-10-20-16-21(32-27(31)18(3)8-2)14-15-28(20,5)25(22)17-26(30)29(23,24)6;1-6-12(2,3)11(15)17-13(4,5)9-7-10(14)16-8-9;1-5-10(2,3)9(13)15-11(4)6-8(12)14-7-11;;;;;;;;;;;;/h18-22H,8-17H2,1-7H3;2*18-26,30H,7-17H2,1-6H3;9H,6-8H2,1-5H3;5-7H2,1-4H3;12*1H4/t;2*18?,19?,20?,21-,22?,23?,24?,25?,26-,28-,29+;;;;;;;;;;;;;;/m.00............../s1. The largest absolute Gasteiger partial charge is 0.465 e. The first-order chi connectivity index (χ1) is 61.0. The zero-order valence-electron chi connectivity index (χ0n) is 87.5. The molecule has 20 nitrogen and oxygen atoms in total. The molecule has 0 radical (unpaired) electrons. The lowest BCUT2D eigenvalue weighted by Gasteiger charge is -2.62. The molecule has 2 N–H and O–H groups in total. The molecule has 3 saturated heterocycles. The van der Waals surface area contributed by atoms with Crippen LogP contribution in [0.5, 0.6) is 0 Å². The van der Waals surface area contributed by atoms with E-state index in [-0.39, 0.29) is 233 Å². The first-order valence-electron chi connectivity index (χ1n) is 53.2. The molecule has 12 aliphatic carbocycles. The molecule has 3 aliphatic heterocycles. The quantitative estimate of drug-likeness (QED) is 0.0544. The zero-order valence-corrected chi connectivity index (χ0v) is 87.5. The lowest BCUT2D eigenvalue weighted by Crippen LogP contribution is -2.59. The number of fused-ring (bicyclic) bond motifs is 10. The molecule has 15 rings (SSSR count). The molecule has 19 unspecified atom stereocenters. The highest BCUT2D eigenvalue weighted by atomic mass is 16.6. The summed E-state index contributed by atoms with van der Waals surface area (Å²) in [6.07, 6.45) is 35.4. The fourth-order valence-electron chi connectivity index (χ4n) is 29.2. The van der Waals surface area contributed by atoms with Crippen LogP contribution < -0.4 is 0 Å². The monoisotopic (exact) mass is 2030 g/mol. The van der Waals surface area contributed by atoms with Gasteiger partial charge in [-0.05, 0) is 379 Å². The number of carbonyl (C=O) groups is 9. The van der Waals surface area contributed by atoms with Crippen molar-refractivity contribution in [2.75, 3.05) is 19.8 Å². The molecule has 27 atom stereocenters. The first kappa shape index (κ1) is 142. The average molecular weight is 2030 g/mol. The smallest absolute Gasteiger partial charge is 0.312 e. The number of aliphatic hydroxyl groups excluding tert-OH is 2. The lowest BCUT2D eigenvalue weighted by atomic mass is 9.43. The number of hydrogen-bond acceptors (Lipinski definition) is 20. The Kier molecular flexibility index (Phi) is 55.7. The van der Waals surface area contributed by atoms with Gasteiger partial charge in [0.05, 0.1) is 78.2 Å². The van der Waals surface area contributed by atoms with Gasteiger partial charge in [-0.15, -0.1) is 0 Å². The van der Waals surface area contributed by atoms with Crippen molar-refractivity contribution < 1.29 is 96.0 Å². The van der Waals surface area contributed by atoms with E-state index in [4.69, 9.17) is 42.6 Å². The van der Waals surface area contributed by atoms with E-state index in [1.807, 2.05) is 111 Å². The summed E-state index contributed by atoms with van der Waals surface area (Å²) < 4.78 is 50.2. The van der Waals surface area contributed by atoms with Crippen molar-refractivity contribution in [2.45, 2.75) is 555 Å². The highest BCUT2D eigenvalue weighted by Crippen LogP contribution is 2.71. The maximum Gasteiger partial charge on any atom is 0.312 e. The Morgan fingerprint density at radius 3 is 1.15 bits per heavy atom. The van der Waals surface area contributed by atoms with Crippen molar-refractivity contribution in [2.24, 2.45) is 162 Å². The molecule has 0 aromatic carbocycles. The Morgan fingerprint density at radius 1 is 0.406 bits per heavy atom. The van der Waals surface area contributed by atoms with Crippen LogP contribution in [0.4, 0.5) is 0 Å². The molecule has 15 aliphatic rings. The molecular formula is C123H234O20. The summed E-state index contributed by atoms with van der Waals surface area (Å²) in [6.45, 7) is 58.7. The molecule has 0 spiro atoms. The van der Waals surface area contributed by atoms with Crippen LogP contribution in [-0.2, 0) is 85.8 Å². The third-order valence-corrected chi connectivity index (χ3v) is 40.0. The summed E-state index contributed by atoms with van der Waals surface area (Å²) in [5.74, 6) is 8.91. The molecule has 846 valence electrons. The van der Waals surface area contributed by atoms with Crippen LogP contribution in [-0.4, -0.2) is 131 Å². The molecule has 0 aromatic heterocycles. The van der Waals surface area contributed by atoms with Crippen molar-refractivity contribution in [3.8, 4) is 0 Å². The Morgan fingerprint density at radius 2 is 0.797 bits per heavy atom. The Bertz CT molecular complexity index is 3770. The predicted molar refractivity (Wildman–Crippen MR) is 590 cm³/mol. The fourth-order valence-corrected chi connectivity index (χ4v) is 29.2. The van der Waals surface area contributed by atoms with E-state index in [0.29, 0.717) is 109 Å². The maximum atomic E-state index is 13.8. The number of esters is 9. The molecule has 0 amide bonds. The summed E-state index contributed by atoms with van der Waals surface area (Å²) in [6, 6.07) is 0. The van der Waals surface area contributed by atoms with E-state index in [9.17, 15) is 53.4 Å². The second-order valence-electron chi connectivity index (χ2n) is 50.0. The van der Waals surface area contributed by atoms with Crippen LogP contribution in [0.3, 0.4) is 0 Å². The van der Waals surface area contributed by atoms with Crippen molar-refractivity contribution in [3.63, 3.8) is 0 Å². The van der Waals surface area contributed by atoms with Gasteiger partial charge in [-0.2, -0.15) is 0 Å². The molecular weight excluding hydrogens is 1800 g/mol. The van der Waals surface area contributed by atoms with Gasteiger partial charge in [-0.1, -0.05) is 226 Å². The second kappa shape index (κ2) is 56.0. The molecule has 4 bridgehead atoms. The van der Waals surface area contributed by atoms with Crippen molar-refractivity contribution in [1.82, 2.24) is 0 Å². The minimum atomic E-state index is -0.880. The van der Waals surface area contributed by atoms with Gasteiger partial charge in [0.15, 0.2) is 5.60 Å². The third kappa shape index (κ3) is 30.2. The van der Waals surface area contributed by atoms with Gasteiger partial charge in [-0.3, -0.25) is 43.2 Å². The van der Waals surface area contributed by atoms with Crippen molar-refractivity contribution in [3.05, 3.63) is 0 Å². The van der Waals surface area contributed by atoms with Gasteiger partial charge in [0, 0.05) is 11.8 Å². The minimum absolute atomic E-state index is 0. The van der Waals surface area contributed by atoms with Crippen LogP contribution >= 0.6 is 0 Å². The van der Waals surface area contributed by atoms with Gasteiger partial charge in [0.1, 0.15) is 35.6 Å². The van der Waals surface area contributed by atoms with Crippen LogP contribution in [0.2, 0.25) is 0 Å². The SMILES string of the molecule is C.C.C.C.C.C.C.C.C.C.C.C.CCC(C)(C)C(=O)OC(C)(C)C1COC(=O)C1.CCC(C)(C)C(=O)OC1(C)COC(=O)C1.CCC(C)(CC(C)(C)C(=O)OC(C)(CC)C1COC(=O)C1)C(=O)OC1(C)C2CC3CC(C2)CC1C3.CCCC(C)C1CCC2C3CCC4C[C@@H](OC(=O)C(C)CC)CC[C@]4(C)C3C[C@H](O)[C@]12C.CCCC(C)C1CCC2C3CCC4C[C@@H](OC(=O)C(C)CC)CC[C@]4(C)C3C[C@H](O)[C@]12C. The molecule has 20 heteroatoms. The van der Waals surface area contributed by atoms with Gasteiger partial charge < -0.3 is 52.8 Å². The number of cyclic esters (lactones) is 3. The molecule has 143 heavy (non-hydrogen) atoms. The molecule has 3 heterocycles. The van der Waals surface area contributed by atoms with E-state index >= 15 is 0 Å². The van der Waals surface area contributed by atoms with E-state index in [0.717, 1.165) is 106 Å². The summed E-state index contributed by atoms with van der Waals surface area (Å²) in [7, 11) is 0. The van der Waals surface area contributed by atoms with E-state index in [2.05, 4.69) is 76.2 Å². The average Bonchev–Trinajstić information content (AvgIpc) is 1.63. The van der Waals surface area contributed by atoms with Crippen molar-refractivity contribution in [1.29, 1.82) is 0 Å². The van der Waals surface area contributed by atoms with Gasteiger partial charge in [0.25, 0.3) is 0 Å². The van der Waals surface area contributed by atoms with Gasteiger partial charge >= 0.3 is 53.7 Å². The highest BCUT2D eigenvalue weighted by molar-refractivity contribution is 5.82. The fraction of sp³-hybridized carbons (Fsp3) is 0.927. The maximum absolute atomic E-state index is 13.8. The summed E-state index contributed by atoms with van der Waals surface area (Å²) in [4.78, 5) is 109. The molecule has 12 saturated carbocycles. The Hall–Kier alpha value is -4.85. The van der Waals surface area contributed by atoms with E-state index in [1.54, 1.807) is 6.92 Å². The second-order valence-corrected chi connectivity index (χ2v) is 50.0. The number of aliphatic hydroxyl groups is 2. The first-order valence-corrected chi connectivity index (χ1v) is 53.2. The summed E-state index contributed by atoms with van der Waals surface area (Å²) in [5.41, 5.74) is -4.42. The summed E-state index contributed by atoms with van der Waals surface area (Å²) in [5, 5.41) is 23.3. The Balaban J connectivity index is -0.00000173. The lowest BCUT2D eigenvalue weighted by molar-refractivity contribution is -0.214. The highest BCUT2D eigenvalue weighted by Gasteiger charge is 2.67. The topological polar surface area (TPSA) is 277 Å². The normalized spacial score (nSPS) is 35.7. The number of ether oxygens (including phenoxy) is 9. The van der Waals surface area contributed by atoms with E-state index < -0.39 is 38.5 Å². The Labute approximate surface area is 880 Å². The van der Waals surface area contributed by atoms with Crippen LogP contribution in [0, 0.1) is 162 Å². The zero-order chi connectivity index (χ0) is 97.3. The summed E-state index contributed by atoms with van der Waals surface area (Å²) >= 11 is 0. The number of carbonyl (C=O) groups excluding carboxylic acids is 9. The molecule has 15 fully saturated rings.